The van der Waals surface area contributed by atoms with E-state index in [2.05, 4.69) is 42.3 Å². The number of rotatable bonds is 4. The molecule has 0 saturated carbocycles. The second kappa shape index (κ2) is 7.37. The molecule has 4 rings (SSSR count). The number of aromatic nitrogens is 1. The number of hydrogen-bond acceptors (Lipinski definition) is 5. The van der Waals surface area contributed by atoms with Gasteiger partial charge in [-0.2, -0.15) is 0 Å². The highest BCUT2D eigenvalue weighted by molar-refractivity contribution is 7.22. The summed E-state index contributed by atoms with van der Waals surface area (Å²) in [6, 6.07) is 8.49. The van der Waals surface area contributed by atoms with Crippen molar-refractivity contribution in [2.45, 2.75) is 33.2 Å². The van der Waals surface area contributed by atoms with E-state index in [0.717, 1.165) is 36.6 Å². The summed E-state index contributed by atoms with van der Waals surface area (Å²) in [5, 5.41) is 6.22. The largest absolute Gasteiger partial charge is 0.351 e. The first kappa shape index (κ1) is 17.5. The van der Waals surface area contributed by atoms with Crippen LogP contribution in [0.4, 0.5) is 5.13 Å². The molecular weight excluding hydrogens is 362 g/mol. The van der Waals surface area contributed by atoms with Crippen LogP contribution in [0, 0.1) is 19.8 Å². The second-order valence-corrected chi connectivity index (χ2v) is 9.02. The van der Waals surface area contributed by atoms with E-state index in [1.165, 1.54) is 20.7 Å². The summed E-state index contributed by atoms with van der Waals surface area (Å²) in [6.07, 6.45) is 1.79. The third kappa shape index (κ3) is 3.62. The Balaban J connectivity index is 1.37. The van der Waals surface area contributed by atoms with Gasteiger partial charge in [-0.05, 0) is 55.3 Å². The molecule has 1 aromatic carbocycles. The second-order valence-electron chi connectivity index (χ2n) is 6.98. The summed E-state index contributed by atoms with van der Waals surface area (Å²) < 4.78 is 1.26. The normalized spacial score (nSPS) is 15.5. The summed E-state index contributed by atoms with van der Waals surface area (Å²) in [5.41, 5.74) is 3.64. The third-order valence-corrected chi connectivity index (χ3v) is 6.91. The number of nitrogens with one attached hydrogen (secondary N) is 1. The van der Waals surface area contributed by atoms with Crippen molar-refractivity contribution in [2.24, 2.45) is 5.92 Å². The molecule has 1 saturated heterocycles. The zero-order valence-corrected chi connectivity index (χ0v) is 16.8. The van der Waals surface area contributed by atoms with Crippen molar-refractivity contribution < 1.29 is 4.79 Å². The molecule has 1 aliphatic heterocycles. The third-order valence-electron chi connectivity index (χ3n) is 4.97. The van der Waals surface area contributed by atoms with E-state index < -0.39 is 0 Å². The molecule has 1 aliphatic rings. The highest BCUT2D eigenvalue weighted by Gasteiger charge is 2.26. The van der Waals surface area contributed by atoms with Gasteiger partial charge in [-0.25, -0.2) is 4.98 Å². The van der Waals surface area contributed by atoms with Crippen LogP contribution >= 0.6 is 22.7 Å². The molecular formula is C20H23N3OS2. The Hall–Kier alpha value is -1.92. The summed E-state index contributed by atoms with van der Waals surface area (Å²) >= 11 is 3.45. The zero-order valence-electron chi connectivity index (χ0n) is 15.1. The molecule has 0 atom stereocenters. The lowest BCUT2D eigenvalue weighted by Gasteiger charge is -2.31. The van der Waals surface area contributed by atoms with Gasteiger partial charge < -0.3 is 10.2 Å². The quantitative estimate of drug-likeness (QED) is 0.719. The van der Waals surface area contributed by atoms with Crippen molar-refractivity contribution >= 4 is 43.9 Å². The average Bonchev–Trinajstić information content (AvgIpc) is 3.29. The Kier molecular flexibility index (Phi) is 4.96. The van der Waals surface area contributed by atoms with Gasteiger partial charge in [0.25, 0.3) is 0 Å². The van der Waals surface area contributed by atoms with Crippen LogP contribution in [-0.2, 0) is 11.3 Å². The van der Waals surface area contributed by atoms with Gasteiger partial charge in [0.15, 0.2) is 5.13 Å². The molecule has 1 amide bonds. The molecule has 2 aromatic heterocycles. The summed E-state index contributed by atoms with van der Waals surface area (Å²) in [5.74, 6) is 0.304. The zero-order chi connectivity index (χ0) is 18.1. The monoisotopic (exact) mass is 385 g/mol. The molecule has 0 radical (unpaired) electrons. The van der Waals surface area contributed by atoms with Gasteiger partial charge >= 0.3 is 0 Å². The van der Waals surface area contributed by atoms with E-state index in [1.54, 1.807) is 22.7 Å². The maximum absolute atomic E-state index is 12.4. The Morgan fingerprint density at radius 3 is 2.85 bits per heavy atom. The van der Waals surface area contributed by atoms with Crippen molar-refractivity contribution in [3.8, 4) is 0 Å². The van der Waals surface area contributed by atoms with Crippen molar-refractivity contribution in [1.29, 1.82) is 0 Å². The lowest BCUT2D eigenvalue weighted by molar-refractivity contribution is -0.125. The molecule has 0 aliphatic carbocycles. The molecule has 0 unspecified atom stereocenters. The summed E-state index contributed by atoms with van der Waals surface area (Å²) in [4.78, 5) is 20.8. The van der Waals surface area contributed by atoms with Crippen molar-refractivity contribution in [3.05, 3.63) is 45.6 Å². The molecule has 26 heavy (non-hydrogen) atoms. The van der Waals surface area contributed by atoms with Gasteiger partial charge in [0.05, 0.1) is 16.8 Å². The predicted octanol–water partition coefficient (Wildman–Crippen LogP) is 4.51. The fraction of sp³-hybridized carbons (Fsp3) is 0.400. The molecule has 0 bridgehead atoms. The fourth-order valence-corrected chi connectivity index (χ4v) is 5.40. The van der Waals surface area contributed by atoms with Crippen LogP contribution in [0.2, 0.25) is 0 Å². The molecule has 3 heterocycles. The minimum Gasteiger partial charge on any atom is -0.351 e. The van der Waals surface area contributed by atoms with Crippen LogP contribution in [0.25, 0.3) is 10.2 Å². The van der Waals surface area contributed by atoms with Gasteiger partial charge in [0.1, 0.15) is 0 Å². The van der Waals surface area contributed by atoms with Gasteiger partial charge in [-0.1, -0.05) is 23.5 Å². The minimum absolute atomic E-state index is 0.115. The summed E-state index contributed by atoms with van der Waals surface area (Å²) in [7, 11) is 0. The molecule has 1 N–H and O–H groups in total. The first-order chi connectivity index (χ1) is 12.6. The van der Waals surface area contributed by atoms with Crippen LogP contribution in [0.3, 0.4) is 0 Å². The number of piperidine rings is 1. The minimum atomic E-state index is 0.115. The van der Waals surface area contributed by atoms with Crippen LogP contribution in [0.1, 0.15) is 28.8 Å². The Labute approximate surface area is 161 Å². The van der Waals surface area contributed by atoms with Crippen LogP contribution in [0.5, 0.6) is 0 Å². The highest BCUT2D eigenvalue weighted by atomic mass is 32.1. The molecule has 6 heteroatoms. The smallest absolute Gasteiger partial charge is 0.223 e. The lowest BCUT2D eigenvalue weighted by Crippen LogP contribution is -2.40. The van der Waals surface area contributed by atoms with Crippen molar-refractivity contribution in [2.75, 3.05) is 18.0 Å². The van der Waals surface area contributed by atoms with Crippen LogP contribution in [0.15, 0.2) is 29.6 Å². The van der Waals surface area contributed by atoms with Gasteiger partial charge in [0.2, 0.25) is 5.91 Å². The number of amides is 1. The number of carbonyl (C=O) groups excluding carboxylic acids is 1. The number of anilines is 1. The maximum atomic E-state index is 12.4. The average molecular weight is 386 g/mol. The van der Waals surface area contributed by atoms with E-state index in [0.29, 0.717) is 6.54 Å². The molecule has 3 aromatic rings. The maximum Gasteiger partial charge on any atom is 0.223 e. The fourth-order valence-electron chi connectivity index (χ4n) is 3.56. The van der Waals surface area contributed by atoms with Crippen LogP contribution in [-0.4, -0.2) is 24.0 Å². The number of benzene rings is 1. The first-order valence-electron chi connectivity index (χ1n) is 9.03. The van der Waals surface area contributed by atoms with Gasteiger partial charge in [-0.3, -0.25) is 4.79 Å². The number of thiazole rings is 1. The van der Waals surface area contributed by atoms with E-state index in [4.69, 9.17) is 4.98 Å². The number of nitrogens with zero attached hydrogens (tertiary/aromatic N) is 2. The Bertz CT molecular complexity index is 909. The predicted molar refractivity (Wildman–Crippen MR) is 110 cm³/mol. The number of hydrogen-bond donors (Lipinski definition) is 1. The Morgan fingerprint density at radius 2 is 2.12 bits per heavy atom. The summed E-state index contributed by atoms with van der Waals surface area (Å²) in [6.45, 7) is 6.70. The molecule has 4 nitrogen and oxygen atoms in total. The lowest BCUT2D eigenvalue weighted by atomic mass is 9.96. The van der Waals surface area contributed by atoms with Crippen LogP contribution < -0.4 is 10.2 Å². The van der Waals surface area contributed by atoms with E-state index >= 15 is 0 Å². The van der Waals surface area contributed by atoms with Gasteiger partial charge in [-0.15, -0.1) is 11.3 Å². The molecule has 0 spiro atoms. The van der Waals surface area contributed by atoms with Gasteiger partial charge in [0, 0.05) is 23.9 Å². The number of fused-ring (bicyclic) bond motifs is 1. The topological polar surface area (TPSA) is 45.2 Å². The van der Waals surface area contributed by atoms with E-state index in [-0.39, 0.29) is 11.8 Å². The van der Waals surface area contributed by atoms with E-state index in [9.17, 15) is 4.79 Å². The number of thiophene rings is 1. The van der Waals surface area contributed by atoms with Crippen molar-refractivity contribution in [1.82, 2.24) is 10.3 Å². The first-order valence-corrected chi connectivity index (χ1v) is 10.7. The number of carbonyl (C=O) groups is 1. The molecule has 1 fully saturated rings. The molecule has 136 valence electrons. The van der Waals surface area contributed by atoms with E-state index in [1.807, 2.05) is 11.4 Å². The highest BCUT2D eigenvalue weighted by Crippen LogP contribution is 2.33. The van der Waals surface area contributed by atoms with Crippen molar-refractivity contribution in [3.63, 3.8) is 0 Å². The standard InChI is InChI=1S/C20H23N3OS2/c1-13-10-14(2)18-17(11-13)26-20(22-18)23-7-5-15(6-8-23)19(24)21-12-16-4-3-9-25-16/h3-4,9-11,15H,5-8,12H2,1-2H3,(H,21,24). The number of aryl methyl sites for hydroxylation is 2. The Morgan fingerprint density at radius 1 is 1.31 bits per heavy atom. The SMILES string of the molecule is Cc1cc(C)c2nc(N3CCC(C(=O)NCc4cccs4)CC3)sc2c1.